The highest BCUT2D eigenvalue weighted by atomic mass is 19.4. The number of aryl methyl sites for hydroxylation is 1. The second kappa shape index (κ2) is 4.55. The minimum atomic E-state index is -4.38. The van der Waals surface area contributed by atoms with Gasteiger partial charge in [-0.1, -0.05) is 23.4 Å². The lowest BCUT2D eigenvalue weighted by molar-refractivity contribution is -0.138. The zero-order chi connectivity index (χ0) is 12.3. The minimum absolute atomic E-state index is 0.0503. The SMILES string of the molecule is CON=C(C)c1cccc(C)c1C(F)(F)F. The van der Waals surface area contributed by atoms with Crippen molar-refractivity contribution in [3.05, 3.63) is 34.9 Å². The Morgan fingerprint density at radius 2 is 1.94 bits per heavy atom. The van der Waals surface area contributed by atoms with Gasteiger partial charge in [-0.15, -0.1) is 0 Å². The molecule has 0 saturated carbocycles. The molecular formula is C11H12F3NO. The molecule has 2 nitrogen and oxygen atoms in total. The first kappa shape index (κ1) is 12.5. The molecule has 0 fully saturated rings. The Kier molecular flexibility index (Phi) is 3.57. The molecule has 0 saturated heterocycles. The molecule has 0 bridgehead atoms. The molecule has 88 valence electrons. The van der Waals surface area contributed by atoms with E-state index in [-0.39, 0.29) is 16.8 Å². The summed E-state index contributed by atoms with van der Waals surface area (Å²) in [4.78, 5) is 4.49. The highest BCUT2D eigenvalue weighted by Crippen LogP contribution is 2.34. The van der Waals surface area contributed by atoms with Crippen LogP contribution in [0, 0.1) is 6.92 Å². The van der Waals surface area contributed by atoms with Crippen LogP contribution < -0.4 is 0 Å². The molecule has 0 aliphatic heterocycles. The minimum Gasteiger partial charge on any atom is -0.399 e. The monoisotopic (exact) mass is 231 g/mol. The smallest absolute Gasteiger partial charge is 0.399 e. The van der Waals surface area contributed by atoms with Crippen LogP contribution in [-0.4, -0.2) is 12.8 Å². The summed E-state index contributed by atoms with van der Waals surface area (Å²) in [6, 6.07) is 4.37. The van der Waals surface area contributed by atoms with Crippen LogP contribution in [0.2, 0.25) is 0 Å². The van der Waals surface area contributed by atoms with Gasteiger partial charge in [-0.05, 0) is 19.4 Å². The second-order valence-corrected chi connectivity index (χ2v) is 3.35. The number of nitrogens with zero attached hydrogens (tertiary/aromatic N) is 1. The molecular weight excluding hydrogens is 219 g/mol. The van der Waals surface area contributed by atoms with E-state index in [1.54, 1.807) is 6.07 Å². The average molecular weight is 231 g/mol. The van der Waals surface area contributed by atoms with Gasteiger partial charge in [0.2, 0.25) is 0 Å². The van der Waals surface area contributed by atoms with Crippen LogP contribution in [0.4, 0.5) is 13.2 Å². The van der Waals surface area contributed by atoms with E-state index in [4.69, 9.17) is 0 Å². The van der Waals surface area contributed by atoms with Crippen molar-refractivity contribution in [2.75, 3.05) is 7.11 Å². The van der Waals surface area contributed by atoms with Crippen LogP contribution in [0.3, 0.4) is 0 Å². The van der Waals surface area contributed by atoms with E-state index in [9.17, 15) is 13.2 Å². The predicted octanol–water partition coefficient (Wildman–Crippen LogP) is 3.38. The van der Waals surface area contributed by atoms with Gasteiger partial charge in [-0.25, -0.2) is 0 Å². The topological polar surface area (TPSA) is 21.6 Å². The van der Waals surface area contributed by atoms with Gasteiger partial charge in [-0.3, -0.25) is 0 Å². The third kappa shape index (κ3) is 2.53. The van der Waals surface area contributed by atoms with Crippen molar-refractivity contribution >= 4 is 5.71 Å². The maximum atomic E-state index is 12.8. The normalized spacial score (nSPS) is 12.8. The van der Waals surface area contributed by atoms with Crippen molar-refractivity contribution in [3.8, 4) is 0 Å². The zero-order valence-corrected chi connectivity index (χ0v) is 9.22. The van der Waals surface area contributed by atoms with Crippen LogP contribution in [0.1, 0.15) is 23.6 Å². The second-order valence-electron chi connectivity index (χ2n) is 3.35. The summed E-state index contributed by atoms with van der Waals surface area (Å²) in [5.74, 6) is 0. The molecule has 0 heterocycles. The van der Waals surface area contributed by atoms with Gasteiger partial charge in [0, 0.05) is 5.56 Å². The number of hydrogen-bond acceptors (Lipinski definition) is 2. The summed E-state index contributed by atoms with van der Waals surface area (Å²) in [5.41, 5.74) is -0.225. The Morgan fingerprint density at radius 3 is 2.44 bits per heavy atom. The molecule has 0 spiro atoms. The molecule has 0 aliphatic carbocycles. The summed E-state index contributed by atoms with van der Waals surface area (Å²) in [7, 11) is 1.30. The molecule has 0 aliphatic rings. The molecule has 0 amide bonds. The summed E-state index contributed by atoms with van der Waals surface area (Å²) in [5, 5.41) is 3.53. The largest absolute Gasteiger partial charge is 0.417 e. The standard InChI is InChI=1S/C11H12F3NO/c1-7-5-4-6-9(8(2)15-16-3)10(7)11(12,13)14/h4-6H,1-3H3. The van der Waals surface area contributed by atoms with Crippen molar-refractivity contribution in [2.24, 2.45) is 5.16 Å². The Bertz CT molecular complexity index is 410. The molecule has 1 aromatic carbocycles. The predicted molar refractivity (Wildman–Crippen MR) is 55.4 cm³/mol. The maximum Gasteiger partial charge on any atom is 0.417 e. The Hall–Kier alpha value is -1.52. The van der Waals surface area contributed by atoms with E-state index in [0.29, 0.717) is 0 Å². The van der Waals surface area contributed by atoms with Crippen LogP contribution in [0.25, 0.3) is 0 Å². The number of halogens is 3. The van der Waals surface area contributed by atoms with Gasteiger partial charge in [0.05, 0.1) is 11.3 Å². The van der Waals surface area contributed by atoms with Crippen LogP contribution in [0.5, 0.6) is 0 Å². The lowest BCUT2D eigenvalue weighted by Crippen LogP contribution is -2.14. The van der Waals surface area contributed by atoms with Crippen LogP contribution >= 0.6 is 0 Å². The molecule has 1 rings (SSSR count). The average Bonchev–Trinajstić information content (AvgIpc) is 2.15. The molecule has 1 aromatic rings. The highest BCUT2D eigenvalue weighted by Gasteiger charge is 2.35. The van der Waals surface area contributed by atoms with Gasteiger partial charge < -0.3 is 4.84 Å². The summed E-state index contributed by atoms with van der Waals surface area (Å²) in [6.07, 6.45) is -4.38. The van der Waals surface area contributed by atoms with Crippen LogP contribution in [-0.2, 0) is 11.0 Å². The van der Waals surface area contributed by atoms with Gasteiger partial charge in [0.15, 0.2) is 0 Å². The lowest BCUT2D eigenvalue weighted by atomic mass is 9.98. The summed E-state index contributed by atoms with van der Waals surface area (Å²) in [6.45, 7) is 2.90. The van der Waals surface area contributed by atoms with Gasteiger partial charge in [0.1, 0.15) is 7.11 Å². The number of benzene rings is 1. The fourth-order valence-corrected chi connectivity index (χ4v) is 1.53. The Labute approximate surface area is 91.7 Å². The Morgan fingerprint density at radius 1 is 1.31 bits per heavy atom. The van der Waals surface area contributed by atoms with E-state index < -0.39 is 11.7 Å². The first-order valence-electron chi connectivity index (χ1n) is 4.63. The maximum absolute atomic E-state index is 12.8. The number of oxime groups is 1. The number of hydrogen-bond donors (Lipinski definition) is 0. The molecule has 0 aromatic heterocycles. The van der Waals surface area contributed by atoms with Gasteiger partial charge >= 0.3 is 6.18 Å². The zero-order valence-electron chi connectivity index (χ0n) is 9.22. The molecule has 5 heteroatoms. The molecule has 16 heavy (non-hydrogen) atoms. The van der Waals surface area contributed by atoms with Crippen molar-refractivity contribution in [1.29, 1.82) is 0 Å². The van der Waals surface area contributed by atoms with Crippen LogP contribution in [0.15, 0.2) is 23.4 Å². The summed E-state index contributed by atoms with van der Waals surface area (Å²) < 4.78 is 38.4. The third-order valence-electron chi connectivity index (χ3n) is 2.17. The van der Waals surface area contributed by atoms with E-state index >= 15 is 0 Å². The van der Waals surface area contributed by atoms with E-state index in [1.807, 2.05) is 0 Å². The van der Waals surface area contributed by atoms with Crippen molar-refractivity contribution in [1.82, 2.24) is 0 Å². The van der Waals surface area contributed by atoms with Crippen molar-refractivity contribution < 1.29 is 18.0 Å². The van der Waals surface area contributed by atoms with Crippen molar-refractivity contribution in [3.63, 3.8) is 0 Å². The first-order valence-corrected chi connectivity index (χ1v) is 4.63. The number of rotatable bonds is 2. The first-order chi connectivity index (χ1) is 7.38. The van der Waals surface area contributed by atoms with Crippen molar-refractivity contribution in [2.45, 2.75) is 20.0 Å². The molecule has 0 radical (unpaired) electrons. The quantitative estimate of drug-likeness (QED) is 0.564. The number of alkyl halides is 3. The Balaban J connectivity index is 3.41. The molecule has 0 atom stereocenters. The lowest BCUT2D eigenvalue weighted by Gasteiger charge is -2.14. The van der Waals surface area contributed by atoms with E-state index in [2.05, 4.69) is 9.99 Å². The summed E-state index contributed by atoms with van der Waals surface area (Å²) >= 11 is 0. The van der Waals surface area contributed by atoms with E-state index in [1.165, 1.54) is 33.1 Å². The third-order valence-corrected chi connectivity index (χ3v) is 2.17. The highest BCUT2D eigenvalue weighted by molar-refractivity contribution is 6.00. The van der Waals surface area contributed by atoms with E-state index in [0.717, 1.165) is 0 Å². The van der Waals surface area contributed by atoms with Gasteiger partial charge in [0.25, 0.3) is 0 Å². The van der Waals surface area contributed by atoms with Gasteiger partial charge in [-0.2, -0.15) is 13.2 Å². The molecule has 0 N–H and O–H groups in total. The molecule has 0 unspecified atom stereocenters. The fourth-order valence-electron chi connectivity index (χ4n) is 1.53. The fraction of sp³-hybridized carbons (Fsp3) is 0.364.